The molecule has 0 amide bonds. The molecule has 4 atom stereocenters. The molecule has 138 heavy (non-hydrogen) atoms. The SMILES string of the molecule is CCOc1nc2ccc(C(O)(c3ccc(C)cc3)c3cncn3C)cc2c(Cl)c1Cc1ccccc1.COc1ccc(Cc2c(OC)nc3ccc(C(O)(c4ccc(C)cc4)c4cncn4C)cc3c2Cl)cc1.OC(c1cccnc1)(c1ccc2nc(Cl)c(Cc3ccc(Cl)cc3)c(Cl)c2c1)c1cncs1.OC(c1cccnc1)(c1ccc2nc(Cl)c(Cc3cccc(Cl)c3)cc2c1)c1cncs1. The number of fused-ring (bicyclic) bond motifs is 4. The van der Waals surface area contributed by atoms with E-state index in [1.54, 1.807) is 93.5 Å². The predicted octanol–water partition coefficient (Wildman–Crippen LogP) is 25.2. The van der Waals surface area contributed by atoms with Crippen LogP contribution in [0.3, 0.4) is 0 Å². The minimum absolute atomic E-state index is 0.347. The molecule has 10 heterocycles. The van der Waals surface area contributed by atoms with Crippen molar-refractivity contribution in [3.63, 3.8) is 0 Å². The number of imidazole rings is 2. The van der Waals surface area contributed by atoms with Gasteiger partial charge in [0.2, 0.25) is 11.8 Å². The number of hydrogen-bond donors (Lipinski definition) is 4. The minimum Gasteiger partial charge on any atom is -0.497 e. The van der Waals surface area contributed by atoms with Crippen LogP contribution in [-0.4, -0.2) is 100 Å². The highest BCUT2D eigenvalue weighted by Gasteiger charge is 2.41. The van der Waals surface area contributed by atoms with Crippen LogP contribution >= 0.6 is 104 Å². The Morgan fingerprint density at radius 1 is 0.348 bits per heavy atom. The molecule has 20 rings (SSSR count). The van der Waals surface area contributed by atoms with E-state index in [-0.39, 0.29) is 0 Å². The van der Waals surface area contributed by atoms with Crippen LogP contribution in [0.15, 0.2) is 328 Å². The highest BCUT2D eigenvalue weighted by molar-refractivity contribution is 7.10. The Bertz CT molecular complexity index is 7720. The summed E-state index contributed by atoms with van der Waals surface area (Å²) in [5.41, 5.74) is 16.9. The molecule has 10 aromatic carbocycles. The van der Waals surface area contributed by atoms with Gasteiger partial charge in [-0.1, -0.05) is 244 Å². The van der Waals surface area contributed by atoms with Gasteiger partial charge in [-0.25, -0.2) is 29.9 Å². The number of methoxy groups -OCH3 is 2. The van der Waals surface area contributed by atoms with Crippen LogP contribution in [0, 0.1) is 13.8 Å². The zero-order chi connectivity index (χ0) is 96.6. The van der Waals surface area contributed by atoms with E-state index in [1.165, 1.54) is 22.7 Å². The van der Waals surface area contributed by atoms with Crippen LogP contribution in [0.1, 0.15) is 128 Å². The van der Waals surface area contributed by atoms with Crippen molar-refractivity contribution in [3.05, 3.63) is 485 Å². The zero-order valence-corrected chi connectivity index (χ0v) is 82.5. The van der Waals surface area contributed by atoms with Crippen molar-refractivity contribution in [1.29, 1.82) is 0 Å². The molecule has 0 aliphatic rings. The molecular formula is C110H89Cl7N12O7S2. The Morgan fingerprint density at radius 3 is 1.25 bits per heavy atom. The molecule has 692 valence electrons. The quantitative estimate of drug-likeness (QED) is 0.0411. The second kappa shape index (κ2) is 42.2. The fraction of sp³-hybridized carbons (Fsp3) is 0.145. The Balaban J connectivity index is 0.000000127. The van der Waals surface area contributed by atoms with Gasteiger partial charge in [-0.2, -0.15) is 0 Å². The summed E-state index contributed by atoms with van der Waals surface area (Å²) in [5.74, 6) is 1.79. The predicted molar refractivity (Wildman–Crippen MR) is 553 cm³/mol. The lowest BCUT2D eigenvalue weighted by atomic mass is 9.82. The molecule has 0 aliphatic heterocycles. The smallest absolute Gasteiger partial charge is 0.218 e. The summed E-state index contributed by atoms with van der Waals surface area (Å²) < 4.78 is 20.5. The average Bonchev–Trinajstić information content (AvgIpc) is 1.75. The Labute approximate surface area is 840 Å². The number of aromatic nitrogens is 12. The molecular weight excluding hydrogens is 1910 g/mol. The number of nitrogens with zero attached hydrogens (tertiary/aromatic N) is 12. The van der Waals surface area contributed by atoms with Crippen molar-refractivity contribution >= 4 is 147 Å². The number of halogens is 7. The first-order valence-corrected chi connectivity index (χ1v) is 48.2. The molecule has 0 aliphatic carbocycles. The first kappa shape index (κ1) is 96.8. The highest BCUT2D eigenvalue weighted by Crippen LogP contribution is 2.47. The van der Waals surface area contributed by atoms with Gasteiger partial charge in [0.15, 0.2) is 22.4 Å². The molecule has 0 spiro atoms. The van der Waals surface area contributed by atoms with Crippen molar-refractivity contribution < 1.29 is 34.6 Å². The number of hydrogen-bond acceptors (Lipinski definition) is 19. The average molecular weight is 2000 g/mol. The van der Waals surface area contributed by atoms with E-state index >= 15 is 0 Å². The molecule has 0 fully saturated rings. The van der Waals surface area contributed by atoms with Crippen molar-refractivity contribution in [2.75, 3.05) is 20.8 Å². The van der Waals surface area contributed by atoms with Gasteiger partial charge in [-0.15, -0.1) is 22.7 Å². The maximum atomic E-state index is 12.3. The normalized spacial score (nSPS) is 13.1. The van der Waals surface area contributed by atoms with E-state index in [1.807, 2.05) is 281 Å². The minimum atomic E-state index is -1.45. The number of thiazole rings is 2. The first-order chi connectivity index (χ1) is 66.8. The third-order valence-electron chi connectivity index (χ3n) is 24.3. The maximum Gasteiger partial charge on any atom is 0.218 e. The molecule has 0 radical (unpaired) electrons. The Morgan fingerprint density at radius 2 is 0.790 bits per heavy atom. The summed E-state index contributed by atoms with van der Waals surface area (Å²) in [6.07, 6.45) is 19.0. The van der Waals surface area contributed by atoms with Crippen LogP contribution < -0.4 is 14.2 Å². The Kier molecular flexibility index (Phi) is 29.6. The van der Waals surface area contributed by atoms with Gasteiger partial charge in [0, 0.05) is 136 Å². The summed E-state index contributed by atoms with van der Waals surface area (Å²) in [6, 6.07) is 80.8. The summed E-state index contributed by atoms with van der Waals surface area (Å²) in [4.78, 5) is 45.4. The fourth-order valence-electron chi connectivity index (χ4n) is 17.0. The van der Waals surface area contributed by atoms with Crippen LogP contribution in [-0.2, 0) is 62.2 Å². The fourth-order valence-corrected chi connectivity index (χ4v) is 20.3. The highest BCUT2D eigenvalue weighted by atomic mass is 35.5. The van der Waals surface area contributed by atoms with E-state index < -0.39 is 22.4 Å². The molecule has 19 nitrogen and oxygen atoms in total. The maximum absolute atomic E-state index is 12.3. The number of rotatable bonds is 24. The van der Waals surface area contributed by atoms with Gasteiger partial charge in [-0.05, 0) is 185 Å². The van der Waals surface area contributed by atoms with Crippen molar-refractivity contribution in [2.24, 2.45) is 14.1 Å². The van der Waals surface area contributed by atoms with Crippen molar-refractivity contribution in [3.8, 4) is 17.5 Å². The molecule has 10 aromatic heterocycles. The van der Waals surface area contributed by atoms with Gasteiger partial charge in [0.25, 0.3) is 0 Å². The molecule has 28 heteroatoms. The second-order valence-electron chi connectivity index (χ2n) is 33.2. The monoisotopic (exact) mass is 2000 g/mol. The van der Waals surface area contributed by atoms with Gasteiger partial charge >= 0.3 is 0 Å². The number of ether oxygens (including phenoxy) is 3. The van der Waals surface area contributed by atoms with Crippen molar-refractivity contribution in [1.82, 2.24) is 59.0 Å². The zero-order valence-electron chi connectivity index (χ0n) is 75.6. The summed E-state index contributed by atoms with van der Waals surface area (Å²) in [6.45, 7) is 6.47. The largest absolute Gasteiger partial charge is 0.497 e. The standard InChI is InChI=1S/C30H28ClN3O3.C30H28ClN3O2.C25H16Cl3N3OS.C25H17Cl2N3OS/c1-19-5-9-21(10-6-19)30(35,27-17-32-18-34(27)2)22-11-14-26-24(16-22)28(31)25(29(33-26)37-4)15-20-7-12-23(36-3)13-8-20;1-4-36-29-25(16-21-8-6-5-7-9-21)28(31)24-17-23(14-15-26(24)33-29)30(35,27-18-32-19-34(27)3)22-12-10-20(2)11-13-22;26-18-6-3-15(4-7-18)10-20-23(27)19-11-16(5-8-21(19)31-24(20)28)25(32,22-13-30-14-33-22)17-2-1-9-29-12-17;26-21-5-1-3-16(10-21)9-18-11-17-12-19(6-7-22(17)30-24(18)27)25(31,23-14-29-15-32-23)20-4-2-8-28-13-20/h5-14,16-18,35H,15H2,1-4H3;5-15,17-19,35H,4,16H2,1-3H3;1-9,11-14,32H,10H2;1-8,10-15,31H,9H2. The Hall–Kier alpha value is -12.9. The lowest BCUT2D eigenvalue weighted by Gasteiger charge is -2.30. The van der Waals surface area contributed by atoms with E-state index in [0.29, 0.717) is 161 Å². The van der Waals surface area contributed by atoms with E-state index in [2.05, 4.69) is 52.0 Å². The summed E-state index contributed by atoms with van der Waals surface area (Å²) >= 11 is 48.9. The lowest BCUT2D eigenvalue weighted by Crippen LogP contribution is -2.31. The molecule has 0 saturated heterocycles. The van der Waals surface area contributed by atoms with Crippen LogP contribution in [0.5, 0.6) is 17.5 Å². The molecule has 0 saturated carbocycles. The lowest BCUT2D eigenvalue weighted by molar-refractivity contribution is 0.117. The summed E-state index contributed by atoms with van der Waals surface area (Å²) in [7, 11) is 6.98. The van der Waals surface area contributed by atoms with Crippen molar-refractivity contribution in [2.45, 2.75) is 68.9 Å². The van der Waals surface area contributed by atoms with Gasteiger partial charge in [0.05, 0.1) is 115 Å². The van der Waals surface area contributed by atoms with Gasteiger partial charge in [0.1, 0.15) is 16.1 Å². The van der Waals surface area contributed by atoms with E-state index in [9.17, 15) is 20.4 Å². The molecule has 0 bridgehead atoms. The van der Waals surface area contributed by atoms with E-state index in [4.69, 9.17) is 105 Å². The number of benzene rings is 10. The van der Waals surface area contributed by atoms with Crippen LogP contribution in [0.4, 0.5) is 0 Å². The number of aryl methyl sites for hydroxylation is 4. The molecule has 20 aromatic rings. The van der Waals surface area contributed by atoms with Crippen LogP contribution in [0.2, 0.25) is 35.4 Å². The third-order valence-corrected chi connectivity index (χ3v) is 28.5. The van der Waals surface area contributed by atoms with Crippen LogP contribution in [0.25, 0.3) is 43.6 Å². The number of aliphatic hydroxyl groups is 4. The summed E-state index contributed by atoms with van der Waals surface area (Å²) in [5, 5.41) is 55.4. The molecule has 4 N–H and O–H groups in total. The number of pyridine rings is 6. The molecule has 4 unspecified atom stereocenters. The second-order valence-corrected chi connectivity index (χ2v) is 37.7. The third kappa shape index (κ3) is 20.1. The van der Waals surface area contributed by atoms with Gasteiger partial charge < -0.3 is 43.8 Å². The van der Waals surface area contributed by atoms with E-state index in [0.717, 1.165) is 88.6 Å². The first-order valence-electron chi connectivity index (χ1n) is 43.8. The van der Waals surface area contributed by atoms with Gasteiger partial charge in [-0.3, -0.25) is 19.9 Å². The topological polar surface area (TPSA) is 247 Å².